The van der Waals surface area contributed by atoms with Crippen molar-refractivity contribution in [2.24, 2.45) is 0 Å². The first kappa shape index (κ1) is 22.4. The summed E-state index contributed by atoms with van der Waals surface area (Å²) in [6.45, 7) is 3.77. The van der Waals surface area contributed by atoms with Crippen molar-refractivity contribution < 1.29 is 19.0 Å². The standard InChI is InChI=1S/C28H27NO4/c1-2-31-16-17-32-26-14-10-23-20-27(15-11-22(23)19-26)33-25-12-8-21(9-13-25)18-28(30)29-24-6-4-3-5-7-24/h3-15,19-20H,2,16-18H2,1H3,(H,29,30). The topological polar surface area (TPSA) is 56.8 Å². The second kappa shape index (κ2) is 11.2. The Labute approximate surface area is 193 Å². The van der Waals surface area contributed by atoms with E-state index in [2.05, 4.69) is 5.32 Å². The number of hydrogen-bond acceptors (Lipinski definition) is 4. The summed E-state index contributed by atoms with van der Waals surface area (Å²) in [6, 6.07) is 29.0. The fourth-order valence-corrected chi connectivity index (χ4v) is 3.44. The van der Waals surface area contributed by atoms with Crippen molar-refractivity contribution in [2.45, 2.75) is 13.3 Å². The molecule has 0 aliphatic carbocycles. The number of carbonyl (C=O) groups excluding carboxylic acids is 1. The molecule has 0 bridgehead atoms. The predicted octanol–water partition coefficient (Wildman–Crippen LogP) is 6.23. The summed E-state index contributed by atoms with van der Waals surface area (Å²) in [4.78, 5) is 12.2. The molecule has 0 saturated heterocycles. The van der Waals surface area contributed by atoms with Gasteiger partial charge in [0, 0.05) is 12.3 Å². The Hall–Kier alpha value is -3.83. The van der Waals surface area contributed by atoms with Gasteiger partial charge in [-0.2, -0.15) is 0 Å². The molecule has 0 unspecified atom stereocenters. The van der Waals surface area contributed by atoms with Crippen LogP contribution in [0.5, 0.6) is 17.2 Å². The van der Waals surface area contributed by atoms with Crippen LogP contribution in [-0.2, 0) is 16.0 Å². The van der Waals surface area contributed by atoms with Gasteiger partial charge in [0.25, 0.3) is 0 Å². The van der Waals surface area contributed by atoms with Crippen LogP contribution in [0, 0.1) is 0 Å². The summed E-state index contributed by atoms with van der Waals surface area (Å²) < 4.78 is 17.0. The highest BCUT2D eigenvalue weighted by Crippen LogP contribution is 2.28. The van der Waals surface area contributed by atoms with Crippen LogP contribution in [0.4, 0.5) is 5.69 Å². The Morgan fingerprint density at radius 2 is 1.42 bits per heavy atom. The van der Waals surface area contributed by atoms with Crippen molar-refractivity contribution in [3.8, 4) is 17.2 Å². The summed E-state index contributed by atoms with van der Waals surface area (Å²) >= 11 is 0. The van der Waals surface area contributed by atoms with Gasteiger partial charge in [0.1, 0.15) is 23.9 Å². The maximum Gasteiger partial charge on any atom is 0.228 e. The second-order valence-electron chi connectivity index (χ2n) is 7.55. The minimum absolute atomic E-state index is 0.0503. The number of fused-ring (bicyclic) bond motifs is 1. The molecule has 0 aliphatic heterocycles. The number of nitrogens with one attached hydrogen (secondary N) is 1. The van der Waals surface area contributed by atoms with Gasteiger partial charge in [-0.25, -0.2) is 0 Å². The molecule has 1 amide bonds. The molecule has 5 heteroatoms. The van der Waals surface area contributed by atoms with Gasteiger partial charge in [0.15, 0.2) is 0 Å². The lowest BCUT2D eigenvalue weighted by molar-refractivity contribution is -0.115. The molecule has 0 heterocycles. The van der Waals surface area contributed by atoms with Gasteiger partial charge in [-0.3, -0.25) is 4.79 Å². The van der Waals surface area contributed by atoms with Crippen molar-refractivity contribution >= 4 is 22.4 Å². The highest BCUT2D eigenvalue weighted by molar-refractivity contribution is 5.92. The Balaban J connectivity index is 1.34. The molecule has 0 fully saturated rings. The van der Waals surface area contributed by atoms with Crippen LogP contribution in [-0.4, -0.2) is 25.7 Å². The molecule has 4 aromatic rings. The van der Waals surface area contributed by atoms with Gasteiger partial charge in [0.05, 0.1) is 13.0 Å². The molecular formula is C28H27NO4. The largest absolute Gasteiger partial charge is 0.491 e. The fraction of sp³-hybridized carbons (Fsp3) is 0.179. The molecule has 0 radical (unpaired) electrons. The lowest BCUT2D eigenvalue weighted by Gasteiger charge is -2.10. The van der Waals surface area contributed by atoms with E-state index in [0.29, 0.717) is 26.2 Å². The zero-order chi connectivity index (χ0) is 22.9. The Kier molecular flexibility index (Phi) is 7.56. The minimum atomic E-state index is -0.0503. The van der Waals surface area contributed by atoms with Crippen LogP contribution >= 0.6 is 0 Å². The maximum absolute atomic E-state index is 12.2. The summed E-state index contributed by atoms with van der Waals surface area (Å²) in [5.74, 6) is 2.24. The number of carbonyl (C=O) groups is 1. The maximum atomic E-state index is 12.2. The third-order valence-electron chi connectivity index (χ3n) is 5.06. The first-order valence-corrected chi connectivity index (χ1v) is 11.1. The first-order chi connectivity index (χ1) is 16.2. The van der Waals surface area contributed by atoms with E-state index < -0.39 is 0 Å². The van der Waals surface area contributed by atoms with Crippen molar-refractivity contribution in [3.05, 3.63) is 96.6 Å². The molecule has 0 saturated carbocycles. The van der Waals surface area contributed by atoms with E-state index in [9.17, 15) is 4.79 Å². The van der Waals surface area contributed by atoms with Crippen LogP contribution in [0.2, 0.25) is 0 Å². The number of hydrogen-bond donors (Lipinski definition) is 1. The average Bonchev–Trinajstić information content (AvgIpc) is 2.84. The Bertz CT molecular complexity index is 1190. The van der Waals surface area contributed by atoms with Gasteiger partial charge < -0.3 is 19.5 Å². The zero-order valence-corrected chi connectivity index (χ0v) is 18.6. The quantitative estimate of drug-likeness (QED) is 0.297. The second-order valence-corrected chi connectivity index (χ2v) is 7.55. The van der Waals surface area contributed by atoms with Gasteiger partial charge in [0.2, 0.25) is 5.91 Å². The molecule has 168 valence electrons. The van der Waals surface area contributed by atoms with Crippen LogP contribution in [0.1, 0.15) is 12.5 Å². The summed E-state index contributed by atoms with van der Waals surface area (Å²) in [5, 5.41) is 5.05. The van der Waals surface area contributed by atoms with E-state index in [1.807, 2.05) is 97.9 Å². The molecule has 33 heavy (non-hydrogen) atoms. The van der Waals surface area contributed by atoms with Gasteiger partial charge in [-0.15, -0.1) is 0 Å². The summed E-state index contributed by atoms with van der Waals surface area (Å²) in [5.41, 5.74) is 1.72. The number of anilines is 1. The van der Waals surface area contributed by atoms with Crippen molar-refractivity contribution in [2.75, 3.05) is 25.1 Å². The van der Waals surface area contributed by atoms with Gasteiger partial charge in [-0.1, -0.05) is 42.5 Å². The average molecular weight is 442 g/mol. The van der Waals surface area contributed by atoms with E-state index >= 15 is 0 Å². The molecule has 0 aliphatic rings. The molecule has 0 spiro atoms. The highest BCUT2D eigenvalue weighted by atomic mass is 16.5. The third kappa shape index (κ3) is 6.57. The lowest BCUT2D eigenvalue weighted by atomic mass is 10.1. The number of rotatable bonds is 10. The van der Waals surface area contributed by atoms with Crippen LogP contribution < -0.4 is 14.8 Å². The van der Waals surface area contributed by atoms with Crippen LogP contribution in [0.25, 0.3) is 10.8 Å². The van der Waals surface area contributed by atoms with E-state index in [1.165, 1.54) is 0 Å². The molecular weight excluding hydrogens is 414 g/mol. The Morgan fingerprint density at radius 3 is 2.15 bits per heavy atom. The van der Waals surface area contributed by atoms with E-state index in [-0.39, 0.29) is 5.91 Å². The molecule has 5 nitrogen and oxygen atoms in total. The third-order valence-corrected chi connectivity index (χ3v) is 5.06. The van der Waals surface area contributed by atoms with Crippen molar-refractivity contribution in [1.82, 2.24) is 0 Å². The van der Waals surface area contributed by atoms with Crippen LogP contribution in [0.15, 0.2) is 91.0 Å². The normalized spacial score (nSPS) is 10.7. The Morgan fingerprint density at radius 1 is 0.758 bits per heavy atom. The number of benzene rings is 4. The SMILES string of the molecule is CCOCCOc1ccc2cc(Oc3ccc(CC(=O)Nc4ccccc4)cc3)ccc2c1. The fourth-order valence-electron chi connectivity index (χ4n) is 3.44. The minimum Gasteiger partial charge on any atom is -0.491 e. The number of amides is 1. The molecule has 0 aromatic heterocycles. The predicted molar refractivity (Wildman–Crippen MR) is 131 cm³/mol. The van der Waals surface area contributed by atoms with E-state index in [1.54, 1.807) is 0 Å². The van der Waals surface area contributed by atoms with Crippen LogP contribution in [0.3, 0.4) is 0 Å². The van der Waals surface area contributed by atoms with E-state index in [4.69, 9.17) is 14.2 Å². The van der Waals surface area contributed by atoms with E-state index in [0.717, 1.165) is 39.3 Å². The number of para-hydroxylation sites is 1. The van der Waals surface area contributed by atoms with Gasteiger partial charge in [-0.05, 0) is 71.8 Å². The molecule has 0 atom stereocenters. The molecule has 4 aromatic carbocycles. The highest BCUT2D eigenvalue weighted by Gasteiger charge is 2.06. The van der Waals surface area contributed by atoms with Crippen molar-refractivity contribution in [1.29, 1.82) is 0 Å². The van der Waals surface area contributed by atoms with Gasteiger partial charge >= 0.3 is 0 Å². The first-order valence-electron chi connectivity index (χ1n) is 11.1. The summed E-state index contributed by atoms with van der Waals surface area (Å²) in [6.07, 6.45) is 0.306. The molecule has 4 rings (SSSR count). The smallest absolute Gasteiger partial charge is 0.228 e. The van der Waals surface area contributed by atoms with Crippen molar-refractivity contribution in [3.63, 3.8) is 0 Å². The number of ether oxygens (including phenoxy) is 3. The molecule has 1 N–H and O–H groups in total. The summed E-state index contributed by atoms with van der Waals surface area (Å²) in [7, 11) is 0. The lowest BCUT2D eigenvalue weighted by Crippen LogP contribution is -2.14. The monoisotopic (exact) mass is 441 g/mol. The zero-order valence-electron chi connectivity index (χ0n) is 18.6.